The summed E-state index contributed by atoms with van der Waals surface area (Å²) in [7, 11) is 0. The van der Waals surface area contributed by atoms with Crippen molar-refractivity contribution in [2.75, 3.05) is 0 Å². The lowest BCUT2D eigenvalue weighted by molar-refractivity contribution is -0.119. The Morgan fingerprint density at radius 3 is 2.88 bits per heavy atom. The third-order valence-corrected chi connectivity index (χ3v) is 2.91. The molecule has 0 saturated carbocycles. The van der Waals surface area contributed by atoms with Gasteiger partial charge in [-0.25, -0.2) is 0 Å². The molecular formula is C13H16N2O2. The van der Waals surface area contributed by atoms with Gasteiger partial charge in [0.25, 0.3) is 0 Å². The van der Waals surface area contributed by atoms with Crippen LogP contribution in [0.1, 0.15) is 18.2 Å². The summed E-state index contributed by atoms with van der Waals surface area (Å²) in [6, 6.07) is 7.51. The van der Waals surface area contributed by atoms with Crippen molar-refractivity contribution in [1.82, 2.24) is 5.32 Å². The highest BCUT2D eigenvalue weighted by Gasteiger charge is 2.13. The van der Waals surface area contributed by atoms with Crippen molar-refractivity contribution in [3.8, 4) is 0 Å². The molecule has 17 heavy (non-hydrogen) atoms. The average molecular weight is 232 g/mol. The number of rotatable bonds is 4. The van der Waals surface area contributed by atoms with Crippen molar-refractivity contribution in [1.29, 1.82) is 0 Å². The molecule has 1 amide bonds. The number of carbonyl (C=O) groups is 1. The topological polar surface area (TPSA) is 68.3 Å². The maximum Gasteiger partial charge on any atom is 0.234 e. The fraction of sp³-hybridized carbons (Fsp3) is 0.308. The fourth-order valence-corrected chi connectivity index (χ4v) is 1.80. The molecule has 0 aliphatic rings. The molecule has 90 valence electrons. The number of amides is 1. The van der Waals surface area contributed by atoms with Gasteiger partial charge < -0.3 is 15.5 Å². The molecule has 0 spiro atoms. The van der Waals surface area contributed by atoms with Gasteiger partial charge >= 0.3 is 0 Å². The molecule has 4 heteroatoms. The molecule has 0 radical (unpaired) electrons. The summed E-state index contributed by atoms with van der Waals surface area (Å²) < 4.78 is 5.64. The normalized spacial score (nSPS) is 12.8. The molecule has 1 aromatic carbocycles. The molecule has 2 rings (SSSR count). The summed E-state index contributed by atoms with van der Waals surface area (Å²) in [4.78, 5) is 10.9. The van der Waals surface area contributed by atoms with Crippen LogP contribution in [0.3, 0.4) is 0 Å². The van der Waals surface area contributed by atoms with E-state index in [4.69, 9.17) is 10.2 Å². The molecule has 1 atom stereocenters. The summed E-state index contributed by atoms with van der Waals surface area (Å²) in [5.41, 5.74) is 7.15. The number of para-hydroxylation sites is 1. The second-order valence-electron chi connectivity index (χ2n) is 4.14. The smallest absolute Gasteiger partial charge is 0.234 e. The number of nitrogens with one attached hydrogen (secondary N) is 1. The Morgan fingerprint density at radius 1 is 1.47 bits per heavy atom. The van der Waals surface area contributed by atoms with E-state index in [0.717, 1.165) is 22.3 Å². The highest BCUT2D eigenvalue weighted by Crippen LogP contribution is 2.24. The summed E-state index contributed by atoms with van der Waals surface area (Å²) in [5, 5.41) is 4.16. The number of nitrogens with two attached hydrogens (primary N) is 1. The van der Waals surface area contributed by atoms with Crippen molar-refractivity contribution >= 4 is 16.9 Å². The van der Waals surface area contributed by atoms with Crippen molar-refractivity contribution in [3.05, 3.63) is 35.6 Å². The van der Waals surface area contributed by atoms with Crippen molar-refractivity contribution in [2.45, 2.75) is 26.4 Å². The van der Waals surface area contributed by atoms with E-state index in [1.54, 1.807) is 6.92 Å². The Hall–Kier alpha value is -1.81. The number of hydrogen-bond acceptors (Lipinski definition) is 3. The third-order valence-electron chi connectivity index (χ3n) is 2.91. The first-order chi connectivity index (χ1) is 8.09. The zero-order chi connectivity index (χ0) is 12.4. The largest absolute Gasteiger partial charge is 0.461 e. The number of carbonyl (C=O) groups excluding carboxylic acids is 1. The second kappa shape index (κ2) is 4.59. The number of aryl methyl sites for hydroxylation is 1. The Kier molecular flexibility index (Phi) is 3.15. The molecular weight excluding hydrogens is 216 g/mol. The van der Waals surface area contributed by atoms with Gasteiger partial charge in [-0.3, -0.25) is 4.79 Å². The second-order valence-corrected chi connectivity index (χ2v) is 4.14. The molecule has 0 aliphatic carbocycles. The van der Waals surface area contributed by atoms with Crippen LogP contribution in [0, 0.1) is 6.92 Å². The van der Waals surface area contributed by atoms with E-state index in [-0.39, 0.29) is 11.9 Å². The van der Waals surface area contributed by atoms with E-state index in [0.29, 0.717) is 6.54 Å². The van der Waals surface area contributed by atoms with E-state index in [1.807, 2.05) is 31.2 Å². The molecule has 2 aromatic rings. The monoisotopic (exact) mass is 232 g/mol. The first-order valence-electron chi connectivity index (χ1n) is 5.59. The van der Waals surface area contributed by atoms with Gasteiger partial charge in [-0.15, -0.1) is 0 Å². The van der Waals surface area contributed by atoms with Crippen LogP contribution in [0.15, 0.2) is 28.7 Å². The van der Waals surface area contributed by atoms with Crippen molar-refractivity contribution in [2.24, 2.45) is 5.73 Å². The highest BCUT2D eigenvalue weighted by molar-refractivity contribution is 5.82. The first kappa shape index (κ1) is 11.7. The van der Waals surface area contributed by atoms with E-state index in [1.165, 1.54) is 0 Å². The molecule has 0 bridgehead atoms. The van der Waals surface area contributed by atoms with Gasteiger partial charge in [0, 0.05) is 17.5 Å². The van der Waals surface area contributed by atoms with Crippen LogP contribution in [-0.4, -0.2) is 11.9 Å². The molecule has 0 aliphatic heterocycles. The molecule has 0 saturated heterocycles. The van der Waals surface area contributed by atoms with Gasteiger partial charge in [0.05, 0.1) is 6.04 Å². The predicted octanol–water partition coefficient (Wildman–Crippen LogP) is 1.70. The number of fused-ring (bicyclic) bond motifs is 1. The number of hydrogen-bond donors (Lipinski definition) is 2. The van der Waals surface area contributed by atoms with E-state index < -0.39 is 0 Å². The molecule has 3 N–H and O–H groups in total. The summed E-state index contributed by atoms with van der Waals surface area (Å²) >= 11 is 0. The van der Waals surface area contributed by atoms with Crippen LogP contribution in [0.4, 0.5) is 0 Å². The standard InChI is InChI=1S/C13H16N2O2/c1-8(13(14)16)15-7-11-9(2)17-12-6-4-3-5-10(11)12/h3-6,8,15H,7H2,1-2H3,(H2,14,16). The minimum atomic E-state index is -0.351. The zero-order valence-electron chi connectivity index (χ0n) is 9.99. The Bertz CT molecular complexity index is 545. The molecule has 1 aromatic heterocycles. The number of furan rings is 1. The minimum absolute atomic E-state index is 0.344. The lowest BCUT2D eigenvalue weighted by Crippen LogP contribution is -2.38. The fourth-order valence-electron chi connectivity index (χ4n) is 1.80. The van der Waals surface area contributed by atoms with E-state index >= 15 is 0 Å². The van der Waals surface area contributed by atoms with Crippen LogP contribution in [0.5, 0.6) is 0 Å². The lowest BCUT2D eigenvalue weighted by Gasteiger charge is -2.09. The highest BCUT2D eigenvalue weighted by atomic mass is 16.3. The quantitative estimate of drug-likeness (QED) is 0.843. The van der Waals surface area contributed by atoms with Crippen LogP contribution in [-0.2, 0) is 11.3 Å². The summed E-state index contributed by atoms with van der Waals surface area (Å²) in [6.07, 6.45) is 0. The zero-order valence-corrected chi connectivity index (χ0v) is 9.99. The van der Waals surface area contributed by atoms with E-state index in [9.17, 15) is 4.79 Å². The van der Waals surface area contributed by atoms with Gasteiger partial charge in [0.1, 0.15) is 11.3 Å². The molecule has 4 nitrogen and oxygen atoms in total. The number of primary amides is 1. The maximum absolute atomic E-state index is 10.9. The lowest BCUT2D eigenvalue weighted by atomic mass is 10.1. The van der Waals surface area contributed by atoms with Gasteiger partial charge in [-0.05, 0) is 19.9 Å². The molecule has 1 heterocycles. The van der Waals surface area contributed by atoms with Gasteiger partial charge in [0.15, 0.2) is 0 Å². The maximum atomic E-state index is 10.9. The SMILES string of the molecule is Cc1oc2ccccc2c1CNC(C)C(N)=O. The van der Waals surface area contributed by atoms with Crippen molar-refractivity contribution < 1.29 is 9.21 Å². The third kappa shape index (κ3) is 2.31. The predicted molar refractivity (Wildman–Crippen MR) is 66.4 cm³/mol. The Morgan fingerprint density at radius 2 is 2.18 bits per heavy atom. The average Bonchev–Trinajstić information content (AvgIpc) is 2.61. The molecule has 1 unspecified atom stereocenters. The van der Waals surface area contributed by atoms with Crippen LogP contribution in [0.2, 0.25) is 0 Å². The minimum Gasteiger partial charge on any atom is -0.461 e. The Labute approximate surface area is 99.8 Å². The van der Waals surface area contributed by atoms with Crippen LogP contribution >= 0.6 is 0 Å². The van der Waals surface area contributed by atoms with Gasteiger partial charge in [-0.1, -0.05) is 18.2 Å². The Balaban J connectivity index is 2.23. The molecule has 0 fully saturated rings. The first-order valence-corrected chi connectivity index (χ1v) is 5.59. The number of benzene rings is 1. The van der Waals surface area contributed by atoms with Gasteiger partial charge in [0.2, 0.25) is 5.91 Å². The summed E-state index contributed by atoms with van der Waals surface area (Å²) in [6.45, 7) is 4.25. The van der Waals surface area contributed by atoms with Crippen LogP contribution < -0.4 is 11.1 Å². The van der Waals surface area contributed by atoms with E-state index in [2.05, 4.69) is 5.32 Å². The van der Waals surface area contributed by atoms with Crippen LogP contribution in [0.25, 0.3) is 11.0 Å². The van der Waals surface area contributed by atoms with Crippen molar-refractivity contribution in [3.63, 3.8) is 0 Å². The van der Waals surface area contributed by atoms with Gasteiger partial charge in [-0.2, -0.15) is 0 Å². The summed E-state index contributed by atoms with van der Waals surface area (Å²) in [5.74, 6) is 0.519.